The fraction of sp³-hybridized carbons (Fsp3) is 0.526. The van der Waals surface area contributed by atoms with Crippen LogP contribution in [0.25, 0.3) is 10.8 Å². The molecule has 1 aliphatic rings. The summed E-state index contributed by atoms with van der Waals surface area (Å²) >= 11 is 0. The van der Waals surface area contributed by atoms with Gasteiger partial charge in [-0.2, -0.15) is 0 Å². The molecular formula is C19H26N2. The lowest BCUT2D eigenvalue weighted by Crippen LogP contribution is -2.31. The molecule has 3 rings (SSSR count). The molecule has 0 atom stereocenters. The summed E-state index contributed by atoms with van der Waals surface area (Å²) in [5.74, 6) is 1.88. The molecule has 2 aromatic rings. The summed E-state index contributed by atoms with van der Waals surface area (Å²) in [6.07, 6.45) is 7.15. The molecular weight excluding hydrogens is 256 g/mol. The van der Waals surface area contributed by atoms with Crippen molar-refractivity contribution >= 4 is 16.6 Å². The van der Waals surface area contributed by atoms with Gasteiger partial charge in [0.15, 0.2) is 0 Å². The maximum Gasteiger partial charge on any atom is 0.126 e. The second-order valence-corrected chi connectivity index (χ2v) is 7.48. The van der Waals surface area contributed by atoms with Crippen molar-refractivity contribution < 1.29 is 0 Å². The van der Waals surface area contributed by atoms with E-state index < -0.39 is 0 Å². The highest BCUT2D eigenvalue weighted by molar-refractivity contribution is 5.83. The molecule has 0 bridgehead atoms. The van der Waals surface area contributed by atoms with Gasteiger partial charge in [0.05, 0.1) is 0 Å². The second-order valence-electron chi connectivity index (χ2n) is 7.48. The lowest BCUT2D eigenvalue weighted by molar-refractivity contribution is 0.173. The van der Waals surface area contributed by atoms with Crippen molar-refractivity contribution in [3.05, 3.63) is 36.5 Å². The van der Waals surface area contributed by atoms with Gasteiger partial charge in [0.25, 0.3) is 0 Å². The third kappa shape index (κ3) is 3.37. The topological polar surface area (TPSA) is 24.9 Å². The smallest absolute Gasteiger partial charge is 0.126 e. The number of hydrogen-bond acceptors (Lipinski definition) is 2. The van der Waals surface area contributed by atoms with E-state index >= 15 is 0 Å². The largest absolute Gasteiger partial charge is 0.367 e. The van der Waals surface area contributed by atoms with Gasteiger partial charge in [-0.05, 0) is 48.5 Å². The van der Waals surface area contributed by atoms with E-state index in [-0.39, 0.29) is 0 Å². The Morgan fingerprint density at radius 3 is 2.33 bits per heavy atom. The van der Waals surface area contributed by atoms with E-state index in [4.69, 9.17) is 0 Å². The molecule has 0 unspecified atom stereocenters. The first-order valence-corrected chi connectivity index (χ1v) is 8.14. The van der Waals surface area contributed by atoms with Crippen molar-refractivity contribution in [2.75, 3.05) is 5.32 Å². The van der Waals surface area contributed by atoms with E-state index in [1.54, 1.807) is 0 Å². The van der Waals surface area contributed by atoms with Gasteiger partial charge >= 0.3 is 0 Å². The Bertz CT molecular complexity index is 604. The van der Waals surface area contributed by atoms with Crippen LogP contribution < -0.4 is 5.32 Å². The van der Waals surface area contributed by atoms with Crippen molar-refractivity contribution in [3.63, 3.8) is 0 Å². The van der Waals surface area contributed by atoms with Gasteiger partial charge in [0.1, 0.15) is 5.82 Å². The molecule has 0 aliphatic heterocycles. The van der Waals surface area contributed by atoms with Gasteiger partial charge in [0.2, 0.25) is 0 Å². The predicted octanol–water partition coefficient (Wildman–Crippen LogP) is 5.25. The summed E-state index contributed by atoms with van der Waals surface area (Å²) in [5, 5.41) is 6.10. The van der Waals surface area contributed by atoms with Gasteiger partial charge in [-0.15, -0.1) is 0 Å². The van der Waals surface area contributed by atoms with Crippen LogP contribution in [0.4, 0.5) is 5.82 Å². The SMILES string of the molecule is CC(C)(C)C1CCC(Nc2cc3ccccc3cn2)CC1. The number of nitrogens with zero attached hydrogens (tertiary/aromatic N) is 1. The number of fused-ring (bicyclic) bond motifs is 1. The van der Waals surface area contributed by atoms with Gasteiger partial charge < -0.3 is 5.32 Å². The van der Waals surface area contributed by atoms with Crippen LogP contribution in [0.2, 0.25) is 0 Å². The Morgan fingerprint density at radius 1 is 1.00 bits per heavy atom. The van der Waals surface area contributed by atoms with E-state index in [0.29, 0.717) is 11.5 Å². The first kappa shape index (κ1) is 14.4. The van der Waals surface area contributed by atoms with Crippen LogP contribution in [0.5, 0.6) is 0 Å². The second kappa shape index (κ2) is 5.67. The highest BCUT2D eigenvalue weighted by Gasteiger charge is 2.29. The van der Waals surface area contributed by atoms with Crippen LogP contribution in [-0.4, -0.2) is 11.0 Å². The summed E-state index contributed by atoms with van der Waals surface area (Å²) in [6, 6.07) is 11.2. The summed E-state index contributed by atoms with van der Waals surface area (Å²) in [7, 11) is 0. The number of anilines is 1. The zero-order valence-corrected chi connectivity index (χ0v) is 13.4. The number of nitrogens with one attached hydrogen (secondary N) is 1. The zero-order valence-electron chi connectivity index (χ0n) is 13.4. The highest BCUT2D eigenvalue weighted by Crippen LogP contribution is 2.38. The first-order valence-electron chi connectivity index (χ1n) is 8.14. The number of aromatic nitrogens is 1. The minimum absolute atomic E-state index is 0.451. The molecule has 1 N–H and O–H groups in total. The van der Waals surface area contributed by atoms with E-state index in [2.05, 4.69) is 61.4 Å². The first-order chi connectivity index (χ1) is 10.0. The molecule has 1 heterocycles. The number of pyridine rings is 1. The minimum Gasteiger partial charge on any atom is -0.367 e. The summed E-state index contributed by atoms with van der Waals surface area (Å²) in [5.41, 5.74) is 0.451. The van der Waals surface area contributed by atoms with E-state index in [9.17, 15) is 0 Å². The molecule has 21 heavy (non-hydrogen) atoms. The van der Waals surface area contributed by atoms with Crippen molar-refractivity contribution in [2.24, 2.45) is 11.3 Å². The standard InChI is InChI=1S/C19H26N2/c1-19(2,3)16-8-10-17(11-9-16)21-18-12-14-6-4-5-7-15(14)13-20-18/h4-7,12-13,16-17H,8-11H2,1-3H3,(H,20,21). The van der Waals surface area contributed by atoms with Crippen LogP contribution in [0.1, 0.15) is 46.5 Å². The summed E-state index contributed by atoms with van der Waals surface area (Å²) in [6.45, 7) is 7.11. The van der Waals surface area contributed by atoms with Crippen LogP contribution in [-0.2, 0) is 0 Å². The molecule has 2 nitrogen and oxygen atoms in total. The van der Waals surface area contributed by atoms with E-state index in [0.717, 1.165) is 11.7 Å². The van der Waals surface area contributed by atoms with E-state index in [1.165, 1.54) is 36.5 Å². The predicted molar refractivity (Wildman–Crippen MR) is 90.6 cm³/mol. The van der Waals surface area contributed by atoms with Gasteiger partial charge in [-0.1, -0.05) is 45.0 Å². The van der Waals surface area contributed by atoms with Crippen molar-refractivity contribution in [3.8, 4) is 0 Å². The molecule has 0 saturated heterocycles. The average Bonchev–Trinajstić information content (AvgIpc) is 2.47. The lowest BCUT2D eigenvalue weighted by atomic mass is 9.71. The fourth-order valence-electron chi connectivity index (χ4n) is 3.48. The lowest BCUT2D eigenvalue weighted by Gasteiger charge is -2.37. The molecule has 2 heteroatoms. The van der Waals surface area contributed by atoms with Crippen LogP contribution >= 0.6 is 0 Å². The zero-order chi connectivity index (χ0) is 14.9. The quantitative estimate of drug-likeness (QED) is 0.813. The third-order valence-electron chi connectivity index (χ3n) is 4.93. The Hall–Kier alpha value is -1.57. The Balaban J connectivity index is 1.64. The Labute approximate surface area is 128 Å². The molecule has 0 spiro atoms. The van der Waals surface area contributed by atoms with Gasteiger partial charge in [-0.3, -0.25) is 0 Å². The Morgan fingerprint density at radius 2 is 1.67 bits per heavy atom. The molecule has 1 saturated carbocycles. The fourth-order valence-corrected chi connectivity index (χ4v) is 3.48. The van der Waals surface area contributed by atoms with Gasteiger partial charge in [0, 0.05) is 17.6 Å². The van der Waals surface area contributed by atoms with E-state index in [1.807, 2.05) is 6.20 Å². The molecule has 0 amide bonds. The van der Waals surface area contributed by atoms with Crippen molar-refractivity contribution in [2.45, 2.75) is 52.5 Å². The molecule has 1 fully saturated rings. The van der Waals surface area contributed by atoms with Crippen LogP contribution in [0, 0.1) is 11.3 Å². The number of hydrogen-bond donors (Lipinski definition) is 1. The normalized spacial score (nSPS) is 23.2. The molecule has 112 valence electrons. The van der Waals surface area contributed by atoms with Crippen molar-refractivity contribution in [1.29, 1.82) is 0 Å². The summed E-state index contributed by atoms with van der Waals surface area (Å²) < 4.78 is 0. The number of benzene rings is 1. The molecule has 0 radical (unpaired) electrons. The molecule has 1 aromatic carbocycles. The maximum absolute atomic E-state index is 4.56. The monoisotopic (exact) mass is 282 g/mol. The van der Waals surface area contributed by atoms with Crippen molar-refractivity contribution in [1.82, 2.24) is 4.98 Å². The summed E-state index contributed by atoms with van der Waals surface area (Å²) in [4.78, 5) is 4.56. The Kier molecular flexibility index (Phi) is 3.88. The van der Waals surface area contributed by atoms with Gasteiger partial charge in [-0.25, -0.2) is 4.98 Å². The number of rotatable bonds is 2. The molecule has 1 aliphatic carbocycles. The maximum atomic E-state index is 4.56. The highest BCUT2D eigenvalue weighted by atomic mass is 15.0. The van der Waals surface area contributed by atoms with Crippen LogP contribution in [0.3, 0.4) is 0 Å². The average molecular weight is 282 g/mol. The third-order valence-corrected chi connectivity index (χ3v) is 4.93. The minimum atomic E-state index is 0.451. The molecule has 1 aromatic heterocycles. The van der Waals surface area contributed by atoms with Crippen LogP contribution in [0.15, 0.2) is 36.5 Å².